The highest BCUT2D eigenvalue weighted by Gasteiger charge is 2.36. The summed E-state index contributed by atoms with van der Waals surface area (Å²) in [6, 6.07) is 4.31. The monoisotopic (exact) mass is 440 g/mol. The molecule has 2 amide bonds. The number of rotatable bonds is 4. The van der Waals surface area contributed by atoms with Crippen LogP contribution in [0.15, 0.2) is 23.0 Å². The number of aryl methyl sites for hydroxylation is 1. The van der Waals surface area contributed by atoms with Crippen LogP contribution in [0.5, 0.6) is 0 Å². The largest absolute Gasteiger partial charge is 0.340 e. The lowest BCUT2D eigenvalue weighted by Gasteiger charge is -2.34. The van der Waals surface area contributed by atoms with Crippen LogP contribution in [0.4, 0.5) is 23.1 Å². The molecule has 2 atom stereocenters. The molecular weight excluding hydrogens is 416 g/mol. The molecule has 0 spiro atoms. The minimum Gasteiger partial charge on any atom is -0.340 e. The van der Waals surface area contributed by atoms with Gasteiger partial charge in [0.15, 0.2) is 0 Å². The molecule has 3 N–H and O–H groups in total. The summed E-state index contributed by atoms with van der Waals surface area (Å²) >= 11 is 0. The van der Waals surface area contributed by atoms with E-state index in [9.17, 15) is 24.5 Å². The fraction of sp³-hybridized carbons (Fsp3) is 0.429. The molecule has 0 bridgehead atoms. The highest BCUT2D eigenvalue weighted by atomic mass is 16.6. The summed E-state index contributed by atoms with van der Waals surface area (Å²) in [4.78, 5) is 58.1. The summed E-state index contributed by atoms with van der Waals surface area (Å²) in [5.74, 6) is -1.65. The maximum atomic E-state index is 13.0. The molecule has 168 valence electrons. The van der Waals surface area contributed by atoms with Gasteiger partial charge in [0.25, 0.3) is 11.2 Å². The average molecular weight is 440 g/mol. The molecule has 0 aliphatic carbocycles. The zero-order valence-electron chi connectivity index (χ0n) is 17.8. The van der Waals surface area contributed by atoms with Crippen LogP contribution in [-0.2, 0) is 9.59 Å². The SMILES string of the molecule is Cc1ccc([N+](=O)[O-])cc1NC(=O)[C@@H]1CC(=O)Nc2nc(N3CCCC[C@H]3C)[nH]c(=O)c21. The Bertz CT molecular complexity index is 1160. The highest BCUT2D eigenvalue weighted by Crippen LogP contribution is 2.32. The van der Waals surface area contributed by atoms with Crippen molar-refractivity contribution >= 4 is 35.0 Å². The van der Waals surface area contributed by atoms with Gasteiger partial charge in [-0.25, -0.2) is 0 Å². The van der Waals surface area contributed by atoms with E-state index < -0.39 is 28.2 Å². The zero-order valence-corrected chi connectivity index (χ0v) is 17.8. The van der Waals surface area contributed by atoms with Gasteiger partial charge in [0, 0.05) is 31.1 Å². The first-order chi connectivity index (χ1) is 15.2. The number of amides is 2. The number of hydrogen-bond acceptors (Lipinski definition) is 7. The number of piperidine rings is 1. The first-order valence-corrected chi connectivity index (χ1v) is 10.5. The summed E-state index contributed by atoms with van der Waals surface area (Å²) < 4.78 is 0. The van der Waals surface area contributed by atoms with E-state index in [4.69, 9.17) is 0 Å². The van der Waals surface area contributed by atoms with Crippen LogP contribution >= 0.6 is 0 Å². The number of carbonyl (C=O) groups is 2. The van der Waals surface area contributed by atoms with Gasteiger partial charge >= 0.3 is 0 Å². The first-order valence-electron chi connectivity index (χ1n) is 10.5. The molecule has 1 aromatic carbocycles. The quantitative estimate of drug-likeness (QED) is 0.488. The second kappa shape index (κ2) is 8.40. The molecule has 0 radical (unpaired) electrons. The molecule has 11 nitrogen and oxygen atoms in total. The number of aromatic nitrogens is 2. The summed E-state index contributed by atoms with van der Waals surface area (Å²) in [7, 11) is 0. The molecule has 2 aliphatic rings. The number of anilines is 3. The van der Waals surface area contributed by atoms with Crippen LogP contribution in [0.25, 0.3) is 0 Å². The van der Waals surface area contributed by atoms with Gasteiger partial charge in [0.05, 0.1) is 22.1 Å². The van der Waals surface area contributed by atoms with E-state index in [0.717, 1.165) is 25.8 Å². The number of H-pyrrole nitrogens is 1. The van der Waals surface area contributed by atoms with E-state index >= 15 is 0 Å². The number of carbonyl (C=O) groups excluding carboxylic acids is 2. The van der Waals surface area contributed by atoms with Crippen molar-refractivity contribution in [1.82, 2.24) is 9.97 Å². The van der Waals surface area contributed by atoms with E-state index in [1.165, 1.54) is 18.2 Å². The number of nitro benzene ring substituents is 1. The number of aromatic amines is 1. The Morgan fingerprint density at radius 1 is 1.31 bits per heavy atom. The molecule has 1 saturated heterocycles. The molecule has 2 aromatic rings. The number of non-ortho nitro benzene ring substituents is 1. The molecule has 32 heavy (non-hydrogen) atoms. The Hall–Kier alpha value is -3.76. The molecule has 2 aliphatic heterocycles. The normalized spacial score (nSPS) is 20.3. The third-order valence-corrected chi connectivity index (χ3v) is 6.02. The number of nitro groups is 1. The van der Waals surface area contributed by atoms with Crippen molar-refractivity contribution in [3.63, 3.8) is 0 Å². The van der Waals surface area contributed by atoms with Crippen LogP contribution in [0.3, 0.4) is 0 Å². The highest BCUT2D eigenvalue weighted by molar-refractivity contribution is 6.04. The van der Waals surface area contributed by atoms with Gasteiger partial charge in [0.1, 0.15) is 5.82 Å². The minimum absolute atomic E-state index is 0.0775. The van der Waals surface area contributed by atoms with Crippen molar-refractivity contribution in [3.05, 3.63) is 49.8 Å². The molecule has 1 aromatic heterocycles. The average Bonchev–Trinajstić information content (AvgIpc) is 2.74. The lowest BCUT2D eigenvalue weighted by Crippen LogP contribution is -2.42. The van der Waals surface area contributed by atoms with Crippen LogP contribution < -0.4 is 21.1 Å². The van der Waals surface area contributed by atoms with E-state index in [1.54, 1.807) is 6.92 Å². The van der Waals surface area contributed by atoms with Gasteiger partial charge in [-0.2, -0.15) is 4.98 Å². The number of hydrogen-bond donors (Lipinski definition) is 3. The smallest absolute Gasteiger partial charge is 0.271 e. The lowest BCUT2D eigenvalue weighted by atomic mass is 9.92. The van der Waals surface area contributed by atoms with Crippen LogP contribution in [0, 0.1) is 17.0 Å². The maximum absolute atomic E-state index is 13.0. The Kier molecular flexibility index (Phi) is 5.64. The Morgan fingerprint density at radius 2 is 2.09 bits per heavy atom. The lowest BCUT2D eigenvalue weighted by molar-refractivity contribution is -0.384. The topological polar surface area (TPSA) is 150 Å². The van der Waals surface area contributed by atoms with Gasteiger partial charge in [-0.1, -0.05) is 6.07 Å². The Morgan fingerprint density at radius 3 is 2.81 bits per heavy atom. The van der Waals surface area contributed by atoms with Crippen molar-refractivity contribution in [2.45, 2.75) is 51.5 Å². The van der Waals surface area contributed by atoms with E-state index in [0.29, 0.717) is 11.5 Å². The molecular formula is C21H24N6O5. The third kappa shape index (κ3) is 4.05. The number of fused-ring (bicyclic) bond motifs is 1. The third-order valence-electron chi connectivity index (χ3n) is 6.02. The zero-order chi connectivity index (χ0) is 23.0. The van der Waals surface area contributed by atoms with Gasteiger partial charge in [-0.05, 0) is 38.7 Å². The summed E-state index contributed by atoms with van der Waals surface area (Å²) in [5, 5.41) is 16.3. The number of benzene rings is 1. The summed E-state index contributed by atoms with van der Waals surface area (Å²) in [6.45, 7) is 4.49. The van der Waals surface area contributed by atoms with Crippen molar-refractivity contribution in [3.8, 4) is 0 Å². The summed E-state index contributed by atoms with van der Waals surface area (Å²) in [6.07, 6.45) is 2.83. The van der Waals surface area contributed by atoms with Crippen molar-refractivity contribution in [2.24, 2.45) is 0 Å². The van der Waals surface area contributed by atoms with Crippen molar-refractivity contribution in [2.75, 3.05) is 22.1 Å². The Balaban J connectivity index is 1.67. The second-order valence-corrected chi connectivity index (χ2v) is 8.24. The first kappa shape index (κ1) is 21.5. The summed E-state index contributed by atoms with van der Waals surface area (Å²) in [5.41, 5.74) is 0.288. The van der Waals surface area contributed by atoms with Crippen LogP contribution in [-0.4, -0.2) is 39.3 Å². The molecule has 1 fully saturated rings. The predicted molar refractivity (Wildman–Crippen MR) is 118 cm³/mol. The van der Waals surface area contributed by atoms with Crippen LogP contribution in [0.2, 0.25) is 0 Å². The number of nitrogens with zero attached hydrogens (tertiary/aromatic N) is 3. The van der Waals surface area contributed by atoms with Crippen LogP contribution in [0.1, 0.15) is 49.7 Å². The fourth-order valence-corrected chi connectivity index (χ4v) is 4.21. The van der Waals surface area contributed by atoms with Crippen molar-refractivity contribution < 1.29 is 14.5 Å². The number of nitrogens with one attached hydrogen (secondary N) is 3. The second-order valence-electron chi connectivity index (χ2n) is 8.24. The molecule has 4 rings (SSSR count). The standard InChI is InChI=1S/C21H24N6O5/c1-11-6-7-13(27(31)32)9-15(11)22-19(29)14-10-16(28)23-18-17(14)20(30)25-21(24-18)26-8-4-3-5-12(26)2/h6-7,9,12,14H,3-5,8,10H2,1-2H3,(H,22,29)(H2,23,24,25,28,30)/t12-,14-/m1/s1. The van der Waals surface area contributed by atoms with Gasteiger partial charge < -0.3 is 15.5 Å². The molecule has 0 saturated carbocycles. The maximum Gasteiger partial charge on any atom is 0.271 e. The Labute approximate surface area is 183 Å². The predicted octanol–water partition coefficient (Wildman–Crippen LogP) is 2.43. The van der Waals surface area contributed by atoms with E-state index in [2.05, 4.69) is 27.5 Å². The van der Waals surface area contributed by atoms with Gasteiger partial charge in [-0.3, -0.25) is 29.5 Å². The van der Waals surface area contributed by atoms with Gasteiger partial charge in [0.2, 0.25) is 17.8 Å². The van der Waals surface area contributed by atoms with E-state index in [-0.39, 0.29) is 35.2 Å². The fourth-order valence-electron chi connectivity index (χ4n) is 4.21. The minimum atomic E-state index is -1.07. The van der Waals surface area contributed by atoms with Gasteiger partial charge in [-0.15, -0.1) is 0 Å². The molecule has 3 heterocycles. The van der Waals surface area contributed by atoms with E-state index in [1.807, 2.05) is 4.90 Å². The van der Waals surface area contributed by atoms with Crippen molar-refractivity contribution in [1.29, 1.82) is 0 Å². The molecule has 0 unspecified atom stereocenters. The molecule has 11 heteroatoms.